The first-order valence-electron chi connectivity index (χ1n) is 10.7. The van der Waals surface area contributed by atoms with Gasteiger partial charge >= 0.3 is 37.9 Å². The number of nitrogens with zero attached hydrogens (tertiary/aromatic N) is 1. The van der Waals surface area contributed by atoms with Gasteiger partial charge in [-0.05, 0) is 36.0 Å². The van der Waals surface area contributed by atoms with Gasteiger partial charge in [-0.2, -0.15) is 0 Å². The Morgan fingerprint density at radius 3 is 2.39 bits per heavy atom. The monoisotopic (exact) mass is 539 g/mol. The molecule has 0 heterocycles. The van der Waals surface area contributed by atoms with Gasteiger partial charge in [0.15, 0.2) is 0 Å². The quantitative estimate of drug-likeness (QED) is 0.402. The number of phenolic OH excluding ortho intramolecular Hbond substituents is 1. The van der Waals surface area contributed by atoms with Crippen molar-refractivity contribution in [3.63, 3.8) is 0 Å². The van der Waals surface area contributed by atoms with Crippen LogP contribution in [-0.2, 0) is 26.3 Å². The number of halogens is 2. The zero-order valence-electron chi connectivity index (χ0n) is 19.0. The van der Waals surface area contributed by atoms with Crippen molar-refractivity contribution < 1.29 is 30.7 Å². The summed E-state index contributed by atoms with van der Waals surface area (Å²) < 4.78 is 5.54. The van der Waals surface area contributed by atoms with E-state index < -0.39 is 20.8 Å². The Kier molecular flexibility index (Phi) is 10.6. The maximum atomic E-state index is 11.1. The fraction of sp³-hybridized carbons (Fsp3) is 0.480. The van der Waals surface area contributed by atoms with Crippen LogP contribution in [0.1, 0.15) is 63.6 Å². The van der Waals surface area contributed by atoms with E-state index in [0.717, 1.165) is 28.9 Å². The summed E-state index contributed by atoms with van der Waals surface area (Å²) >= 11 is -0.826. The van der Waals surface area contributed by atoms with Crippen LogP contribution >= 0.6 is 17.0 Å². The molecule has 3 atom stereocenters. The molecule has 6 heteroatoms. The van der Waals surface area contributed by atoms with Crippen molar-refractivity contribution in [1.82, 2.24) is 0 Å². The molecule has 0 aromatic heterocycles. The predicted octanol–water partition coefficient (Wildman–Crippen LogP) is 7.35. The number of rotatable bonds is 5. The first kappa shape index (κ1) is 26.4. The summed E-state index contributed by atoms with van der Waals surface area (Å²) in [5, 5.41) is 11.1. The van der Waals surface area contributed by atoms with Crippen molar-refractivity contribution in [3.05, 3.63) is 59.2 Å². The minimum absolute atomic E-state index is 0.287. The second-order valence-electron chi connectivity index (χ2n) is 8.79. The Morgan fingerprint density at radius 2 is 1.77 bits per heavy atom. The molecule has 1 aliphatic carbocycles. The second-order valence-corrected chi connectivity index (χ2v) is 12.5. The van der Waals surface area contributed by atoms with Crippen molar-refractivity contribution in [2.45, 2.75) is 58.4 Å². The maximum absolute atomic E-state index is 11.1. The van der Waals surface area contributed by atoms with E-state index >= 15 is 0 Å². The van der Waals surface area contributed by atoms with E-state index in [0.29, 0.717) is 17.9 Å². The molecule has 0 saturated heterocycles. The van der Waals surface area contributed by atoms with Crippen LogP contribution in [0.3, 0.4) is 0 Å². The average molecular weight is 542 g/mol. The summed E-state index contributed by atoms with van der Waals surface area (Å²) in [6.45, 7) is 8.86. The Bertz CT molecular complexity index is 858. The molecule has 1 saturated carbocycles. The summed E-state index contributed by atoms with van der Waals surface area (Å²) in [5.74, 6) is 2.29. The summed E-state index contributed by atoms with van der Waals surface area (Å²) in [5.41, 5.74) is 2.37. The van der Waals surface area contributed by atoms with Crippen LogP contribution in [0.2, 0.25) is 0 Å². The molecule has 1 N–H and O–H groups in total. The normalized spacial score (nSPS) is 21.3. The van der Waals surface area contributed by atoms with Crippen LogP contribution in [0.15, 0.2) is 47.5 Å². The number of aromatic hydroxyl groups is 1. The van der Waals surface area contributed by atoms with Gasteiger partial charge in [0.2, 0.25) is 0 Å². The number of methoxy groups -OCH3 is 1. The zero-order valence-corrected chi connectivity index (χ0v) is 23.0. The third-order valence-electron chi connectivity index (χ3n) is 6.59. The molecule has 1 aliphatic rings. The zero-order chi connectivity index (χ0) is 23.0. The van der Waals surface area contributed by atoms with Gasteiger partial charge in [0.25, 0.3) is 0 Å². The van der Waals surface area contributed by atoms with Crippen molar-refractivity contribution in [3.8, 4) is 11.5 Å². The SMILES string of the molecule is COc1cc(C=NC2CCCC(C)C2C)c(O)c(C(C)(C)c2ccccc2)c1.[Cl][Zr][Cl]. The van der Waals surface area contributed by atoms with Crippen LogP contribution in [0.4, 0.5) is 0 Å². The fourth-order valence-corrected chi connectivity index (χ4v) is 4.27. The van der Waals surface area contributed by atoms with E-state index in [-0.39, 0.29) is 11.2 Å². The van der Waals surface area contributed by atoms with Crippen LogP contribution in [0.25, 0.3) is 0 Å². The topological polar surface area (TPSA) is 41.8 Å². The van der Waals surface area contributed by atoms with Crippen molar-refractivity contribution >= 4 is 23.2 Å². The molecule has 2 aromatic rings. The van der Waals surface area contributed by atoms with Gasteiger partial charge in [0.1, 0.15) is 11.5 Å². The van der Waals surface area contributed by atoms with Gasteiger partial charge in [-0.25, -0.2) is 0 Å². The van der Waals surface area contributed by atoms with E-state index in [4.69, 9.17) is 26.8 Å². The molecule has 0 radical (unpaired) electrons. The van der Waals surface area contributed by atoms with Crippen LogP contribution in [0, 0.1) is 11.8 Å². The van der Waals surface area contributed by atoms with E-state index in [9.17, 15) is 5.11 Å². The number of benzene rings is 2. The Hall–Kier alpha value is -0.827. The number of aliphatic imine (C=N–C) groups is 1. The van der Waals surface area contributed by atoms with Gasteiger partial charge in [0.05, 0.1) is 13.2 Å². The molecule has 168 valence electrons. The molecule has 0 aliphatic heterocycles. The van der Waals surface area contributed by atoms with Crippen molar-refractivity contribution in [2.75, 3.05) is 7.11 Å². The number of hydrogen-bond acceptors (Lipinski definition) is 3. The molecule has 3 rings (SSSR count). The Morgan fingerprint density at radius 1 is 1.13 bits per heavy atom. The molecular weight excluding hydrogens is 508 g/mol. The van der Waals surface area contributed by atoms with Gasteiger partial charge in [-0.15, -0.1) is 0 Å². The number of hydrogen-bond donors (Lipinski definition) is 1. The van der Waals surface area contributed by atoms with Gasteiger partial charge in [0, 0.05) is 22.8 Å². The second kappa shape index (κ2) is 12.4. The van der Waals surface area contributed by atoms with Crippen molar-refractivity contribution in [2.24, 2.45) is 16.8 Å². The molecule has 0 spiro atoms. The molecule has 1 fully saturated rings. The van der Waals surface area contributed by atoms with E-state index in [1.165, 1.54) is 12.8 Å². The summed E-state index contributed by atoms with van der Waals surface area (Å²) in [4.78, 5) is 4.88. The van der Waals surface area contributed by atoms with E-state index in [1.807, 2.05) is 36.5 Å². The molecule has 3 nitrogen and oxygen atoms in total. The van der Waals surface area contributed by atoms with E-state index in [1.54, 1.807) is 7.11 Å². The molecule has 2 aromatic carbocycles. The van der Waals surface area contributed by atoms with Crippen LogP contribution < -0.4 is 4.74 Å². The van der Waals surface area contributed by atoms with Crippen molar-refractivity contribution in [1.29, 1.82) is 0 Å². The van der Waals surface area contributed by atoms with Gasteiger partial charge < -0.3 is 9.84 Å². The first-order valence-corrected chi connectivity index (χ1v) is 17.1. The fourth-order valence-electron chi connectivity index (χ4n) is 4.27. The summed E-state index contributed by atoms with van der Waals surface area (Å²) in [7, 11) is 11.5. The summed E-state index contributed by atoms with van der Waals surface area (Å²) in [6.07, 6.45) is 5.48. The summed E-state index contributed by atoms with van der Waals surface area (Å²) in [6, 6.07) is 14.4. The van der Waals surface area contributed by atoms with Gasteiger partial charge in [-0.3, -0.25) is 4.99 Å². The standard InChI is InChI=1S/C25H33NO2.2ClH.Zr/c1-17-10-9-13-23(18(17)2)26-16-19-14-21(28-5)15-22(24(19)27)25(3,4)20-11-7-6-8-12-20;;;/h6-8,11-12,14-18,23,27H,9-10,13H2,1-5H3;2*1H;/q;;;+2/p-2. The number of phenols is 1. The van der Waals surface area contributed by atoms with E-state index in [2.05, 4.69) is 39.8 Å². The molecule has 0 bridgehead atoms. The third-order valence-corrected chi connectivity index (χ3v) is 6.59. The molecular formula is C25H33Cl2NO2Zr. The number of ether oxygens (including phenoxy) is 1. The predicted molar refractivity (Wildman–Crippen MR) is 128 cm³/mol. The third kappa shape index (κ3) is 6.83. The molecule has 3 unspecified atom stereocenters. The Balaban J connectivity index is 0.00000107. The minimum atomic E-state index is -0.826. The van der Waals surface area contributed by atoms with Gasteiger partial charge in [-0.1, -0.05) is 70.9 Å². The average Bonchev–Trinajstić information content (AvgIpc) is 2.76. The van der Waals surface area contributed by atoms with Crippen LogP contribution in [-0.4, -0.2) is 24.5 Å². The van der Waals surface area contributed by atoms with Crippen LogP contribution in [0.5, 0.6) is 11.5 Å². The Labute approximate surface area is 205 Å². The molecule has 0 amide bonds. The first-order chi connectivity index (χ1) is 14.8. The molecule has 31 heavy (non-hydrogen) atoms.